The highest BCUT2D eigenvalue weighted by Crippen LogP contribution is 2.26. The normalized spacial score (nSPS) is 11.1. The summed E-state index contributed by atoms with van der Waals surface area (Å²) in [6.07, 6.45) is 4.45. The molecule has 0 aliphatic heterocycles. The smallest absolute Gasteiger partial charge is 0.260 e. The second-order valence-electron chi connectivity index (χ2n) is 4.50. The highest BCUT2D eigenvalue weighted by atomic mass is 32.1. The number of benzene rings is 1. The number of hydrogen-bond donors (Lipinski definition) is 2. The highest BCUT2D eigenvalue weighted by Gasteiger charge is 2.13. The largest absolute Gasteiger partial charge is 0.323 e. The first-order valence-electron chi connectivity index (χ1n) is 6.39. The SMILES string of the molecule is Cc1ncncc1C(=O)Nc1nc2ccc(C=NN)cc2s1. The molecule has 0 unspecified atom stereocenters. The second-order valence-corrected chi connectivity index (χ2v) is 5.53. The van der Waals surface area contributed by atoms with E-state index >= 15 is 0 Å². The van der Waals surface area contributed by atoms with Gasteiger partial charge in [-0.1, -0.05) is 17.4 Å². The molecule has 7 nitrogen and oxygen atoms in total. The summed E-state index contributed by atoms with van der Waals surface area (Å²) in [7, 11) is 0. The minimum absolute atomic E-state index is 0.277. The number of aryl methyl sites for hydroxylation is 1. The van der Waals surface area contributed by atoms with E-state index in [1.165, 1.54) is 23.9 Å². The predicted octanol–water partition coefficient (Wildman–Crippen LogP) is 1.94. The third kappa shape index (κ3) is 2.77. The number of hydrogen-bond acceptors (Lipinski definition) is 7. The first kappa shape index (κ1) is 14.1. The van der Waals surface area contributed by atoms with Crippen molar-refractivity contribution in [1.82, 2.24) is 15.0 Å². The number of aromatic nitrogens is 3. The number of hydrazone groups is 1. The van der Waals surface area contributed by atoms with Crippen molar-refractivity contribution in [2.45, 2.75) is 6.92 Å². The van der Waals surface area contributed by atoms with Crippen LogP contribution in [0.3, 0.4) is 0 Å². The van der Waals surface area contributed by atoms with Crippen LogP contribution in [0.5, 0.6) is 0 Å². The molecule has 0 aliphatic carbocycles. The number of nitrogens with zero attached hydrogens (tertiary/aromatic N) is 4. The zero-order valence-electron chi connectivity index (χ0n) is 11.6. The van der Waals surface area contributed by atoms with Gasteiger partial charge < -0.3 is 5.84 Å². The molecule has 0 fully saturated rings. The van der Waals surface area contributed by atoms with E-state index in [1.807, 2.05) is 18.2 Å². The van der Waals surface area contributed by atoms with Gasteiger partial charge in [-0.2, -0.15) is 5.10 Å². The minimum Gasteiger partial charge on any atom is -0.323 e. The summed E-state index contributed by atoms with van der Waals surface area (Å²) in [5, 5.41) is 6.78. The second kappa shape index (κ2) is 5.86. The van der Waals surface area contributed by atoms with Crippen molar-refractivity contribution < 1.29 is 4.79 Å². The molecule has 3 aromatic rings. The standard InChI is InChI=1S/C14H12N6OS/c1-8-10(6-16-7-17-8)13(21)20-14-19-11-3-2-9(5-18-15)4-12(11)22-14/h2-7H,15H2,1H3,(H,19,20,21). The van der Waals surface area contributed by atoms with Crippen molar-refractivity contribution in [2.24, 2.45) is 10.9 Å². The van der Waals surface area contributed by atoms with E-state index in [2.05, 4.69) is 25.4 Å². The topological polar surface area (TPSA) is 106 Å². The number of carbonyl (C=O) groups is 1. The minimum atomic E-state index is -0.277. The summed E-state index contributed by atoms with van der Waals surface area (Å²) in [4.78, 5) is 24.5. The van der Waals surface area contributed by atoms with Crippen LogP contribution in [0.15, 0.2) is 35.8 Å². The maximum Gasteiger partial charge on any atom is 0.260 e. The van der Waals surface area contributed by atoms with E-state index < -0.39 is 0 Å². The molecule has 110 valence electrons. The van der Waals surface area contributed by atoms with E-state index in [9.17, 15) is 4.79 Å². The molecular formula is C14H12N6OS. The molecule has 22 heavy (non-hydrogen) atoms. The monoisotopic (exact) mass is 312 g/mol. The maximum atomic E-state index is 12.2. The number of amides is 1. The van der Waals surface area contributed by atoms with Crippen LogP contribution in [0.2, 0.25) is 0 Å². The van der Waals surface area contributed by atoms with Gasteiger partial charge in [-0.15, -0.1) is 0 Å². The Kier molecular flexibility index (Phi) is 3.75. The van der Waals surface area contributed by atoms with Crippen molar-refractivity contribution in [3.8, 4) is 0 Å². The third-order valence-electron chi connectivity index (χ3n) is 3.01. The molecule has 0 saturated heterocycles. The molecule has 0 aliphatic rings. The van der Waals surface area contributed by atoms with Crippen LogP contribution in [0, 0.1) is 6.92 Å². The number of fused-ring (bicyclic) bond motifs is 1. The van der Waals surface area contributed by atoms with E-state index in [0.29, 0.717) is 16.4 Å². The Bertz CT molecular complexity index is 873. The molecule has 2 aromatic heterocycles. The molecular weight excluding hydrogens is 300 g/mol. The summed E-state index contributed by atoms with van der Waals surface area (Å²) in [6, 6.07) is 5.63. The average molecular weight is 312 g/mol. The first-order valence-corrected chi connectivity index (χ1v) is 7.21. The van der Waals surface area contributed by atoms with Gasteiger partial charge in [0.15, 0.2) is 5.13 Å². The molecule has 3 rings (SSSR count). The molecule has 0 saturated carbocycles. The lowest BCUT2D eigenvalue weighted by atomic mass is 10.2. The van der Waals surface area contributed by atoms with Gasteiger partial charge in [0, 0.05) is 6.20 Å². The van der Waals surface area contributed by atoms with Gasteiger partial charge in [0.2, 0.25) is 0 Å². The van der Waals surface area contributed by atoms with Crippen LogP contribution in [-0.4, -0.2) is 27.1 Å². The van der Waals surface area contributed by atoms with Crippen molar-refractivity contribution in [3.05, 3.63) is 47.5 Å². The van der Waals surface area contributed by atoms with Crippen molar-refractivity contribution in [2.75, 3.05) is 5.32 Å². The highest BCUT2D eigenvalue weighted by molar-refractivity contribution is 7.22. The number of carbonyl (C=O) groups excluding carboxylic acids is 1. The quantitative estimate of drug-likeness (QED) is 0.437. The van der Waals surface area contributed by atoms with Gasteiger partial charge in [0.05, 0.1) is 27.7 Å². The van der Waals surface area contributed by atoms with E-state index in [4.69, 9.17) is 5.84 Å². The summed E-state index contributed by atoms with van der Waals surface area (Å²) in [5.41, 5.74) is 2.73. The summed E-state index contributed by atoms with van der Waals surface area (Å²) in [6.45, 7) is 1.76. The van der Waals surface area contributed by atoms with Crippen LogP contribution in [0.1, 0.15) is 21.6 Å². The predicted molar refractivity (Wildman–Crippen MR) is 86.1 cm³/mol. The van der Waals surface area contributed by atoms with Crippen molar-refractivity contribution in [1.29, 1.82) is 0 Å². The fourth-order valence-electron chi connectivity index (χ4n) is 1.94. The molecule has 8 heteroatoms. The number of nitrogens with one attached hydrogen (secondary N) is 1. The van der Waals surface area contributed by atoms with E-state index in [-0.39, 0.29) is 5.91 Å². The molecule has 2 heterocycles. The zero-order chi connectivity index (χ0) is 15.5. The Morgan fingerprint density at radius 3 is 3.09 bits per heavy atom. The van der Waals surface area contributed by atoms with Crippen molar-refractivity contribution >= 4 is 38.8 Å². The average Bonchev–Trinajstić information content (AvgIpc) is 2.89. The number of anilines is 1. The van der Waals surface area contributed by atoms with E-state index in [1.54, 1.807) is 13.1 Å². The third-order valence-corrected chi connectivity index (χ3v) is 3.95. The van der Waals surface area contributed by atoms with Gasteiger partial charge in [0.25, 0.3) is 5.91 Å². The summed E-state index contributed by atoms with van der Waals surface area (Å²) >= 11 is 1.38. The maximum absolute atomic E-state index is 12.2. The lowest BCUT2D eigenvalue weighted by Gasteiger charge is -2.02. The zero-order valence-corrected chi connectivity index (χ0v) is 12.5. The Balaban J connectivity index is 1.88. The lowest BCUT2D eigenvalue weighted by Crippen LogP contribution is -2.14. The van der Waals surface area contributed by atoms with Gasteiger partial charge in [0.1, 0.15) is 6.33 Å². The molecule has 0 atom stereocenters. The molecule has 0 bridgehead atoms. The number of nitrogens with two attached hydrogens (primary N) is 1. The lowest BCUT2D eigenvalue weighted by molar-refractivity contribution is 0.102. The molecule has 3 N–H and O–H groups in total. The fraction of sp³-hybridized carbons (Fsp3) is 0.0714. The van der Waals surface area contributed by atoms with Crippen LogP contribution in [0.4, 0.5) is 5.13 Å². The first-order chi connectivity index (χ1) is 10.7. The Morgan fingerprint density at radius 1 is 1.45 bits per heavy atom. The van der Waals surface area contributed by atoms with Gasteiger partial charge in [-0.05, 0) is 24.6 Å². The summed E-state index contributed by atoms with van der Waals surface area (Å²) in [5.74, 6) is 4.87. The number of rotatable bonds is 3. The Morgan fingerprint density at radius 2 is 2.32 bits per heavy atom. The molecule has 1 amide bonds. The molecule has 0 spiro atoms. The number of thiazole rings is 1. The molecule has 1 aromatic carbocycles. The van der Waals surface area contributed by atoms with Crippen LogP contribution >= 0.6 is 11.3 Å². The van der Waals surface area contributed by atoms with Crippen LogP contribution in [0.25, 0.3) is 10.2 Å². The van der Waals surface area contributed by atoms with Crippen LogP contribution < -0.4 is 11.2 Å². The Labute approximate surface area is 129 Å². The van der Waals surface area contributed by atoms with E-state index in [0.717, 1.165) is 15.8 Å². The Hall–Kier alpha value is -2.87. The molecule has 0 radical (unpaired) electrons. The van der Waals surface area contributed by atoms with Crippen LogP contribution in [-0.2, 0) is 0 Å². The van der Waals surface area contributed by atoms with Gasteiger partial charge >= 0.3 is 0 Å². The van der Waals surface area contributed by atoms with Gasteiger partial charge in [-0.3, -0.25) is 10.1 Å². The summed E-state index contributed by atoms with van der Waals surface area (Å²) < 4.78 is 0.939. The van der Waals surface area contributed by atoms with Gasteiger partial charge in [-0.25, -0.2) is 15.0 Å². The fourth-order valence-corrected chi connectivity index (χ4v) is 2.85. The van der Waals surface area contributed by atoms with Crippen molar-refractivity contribution in [3.63, 3.8) is 0 Å².